The first-order valence-electron chi connectivity index (χ1n) is 2.16. The van der Waals surface area contributed by atoms with Gasteiger partial charge in [-0.05, 0) is 0 Å². The van der Waals surface area contributed by atoms with Crippen molar-refractivity contribution in [3.05, 3.63) is 13.5 Å². The van der Waals surface area contributed by atoms with E-state index in [1.165, 1.54) is 21.9 Å². The number of carbonyl (C=O) groups excluding carboxylic acids is 1. The Morgan fingerprint density at radius 1 is 1.73 bits per heavy atom. The van der Waals surface area contributed by atoms with Gasteiger partial charge in [-0.15, -0.1) is 0 Å². The Labute approximate surface area is 98.6 Å². The molecule has 0 heterocycles. The standard InChI is InChI=1S/C4H7O2.CN.Cu.HI.Zn/c1-3-4(5)6-2;1-2;;;/h1,3H2,2H3;;;1H;/q2*-1;+1;;+2/p-1. The SMILES string of the molecule is [C-]#N.[CH2-]CC(=O)OC.[Cu+].[Zn+][I]. The fourth-order valence-corrected chi connectivity index (χ4v) is 0.102. The van der Waals surface area contributed by atoms with Crippen LogP contribution in [0.15, 0.2) is 0 Å². The summed E-state index contributed by atoms with van der Waals surface area (Å²) in [5.74, 6) is -0.269. The minimum absolute atomic E-state index is 0. The summed E-state index contributed by atoms with van der Waals surface area (Å²) >= 11 is 3.62. The third-order valence-electron chi connectivity index (χ3n) is 0.432. The summed E-state index contributed by atoms with van der Waals surface area (Å²) in [6, 6.07) is 0. The van der Waals surface area contributed by atoms with Gasteiger partial charge in [0.1, 0.15) is 0 Å². The fourth-order valence-electron chi connectivity index (χ4n) is 0.102. The number of nitrogens with zero attached hydrogens (tertiary/aromatic N) is 1. The van der Waals surface area contributed by atoms with Gasteiger partial charge in [-0.1, -0.05) is 6.42 Å². The predicted octanol–water partition coefficient (Wildman–Crippen LogP) is 1.36. The summed E-state index contributed by atoms with van der Waals surface area (Å²) in [5, 5.41) is 6.25. The Morgan fingerprint density at radius 3 is 2.00 bits per heavy atom. The molecule has 0 radical (unpaired) electrons. The van der Waals surface area contributed by atoms with E-state index in [2.05, 4.69) is 31.4 Å². The van der Waals surface area contributed by atoms with Gasteiger partial charge in [-0.2, -0.15) is 0 Å². The summed E-state index contributed by atoms with van der Waals surface area (Å²) in [4.78, 5) is 9.90. The van der Waals surface area contributed by atoms with Gasteiger partial charge >= 0.3 is 51.6 Å². The molecule has 0 fully saturated rings. The molecule has 64 valence electrons. The number of halogens is 1. The Morgan fingerprint density at radius 2 is 2.00 bits per heavy atom. The Kier molecular flexibility index (Phi) is 63.3. The van der Waals surface area contributed by atoms with Crippen molar-refractivity contribution in [1.82, 2.24) is 0 Å². The number of hydrogen-bond donors (Lipinski definition) is 0. The third-order valence-corrected chi connectivity index (χ3v) is 0.432. The number of carbonyl (C=O) groups is 1. The zero-order chi connectivity index (χ0) is 8.99. The first-order valence-corrected chi connectivity index (χ1v) is 11.2. The molecule has 0 saturated carbocycles. The minimum atomic E-state index is -0.269. The van der Waals surface area contributed by atoms with Crippen molar-refractivity contribution in [1.29, 1.82) is 5.26 Å². The summed E-state index contributed by atoms with van der Waals surface area (Å²) < 4.78 is 4.20. The zero-order valence-corrected chi connectivity index (χ0v) is 12.1. The van der Waals surface area contributed by atoms with Crippen LogP contribution in [0, 0.1) is 18.8 Å². The van der Waals surface area contributed by atoms with Crippen LogP contribution in [0.4, 0.5) is 0 Å². The molecule has 0 aromatic heterocycles. The molecule has 0 saturated heterocycles. The molecule has 0 aliphatic carbocycles. The van der Waals surface area contributed by atoms with E-state index in [0.29, 0.717) is 0 Å². The van der Waals surface area contributed by atoms with E-state index in [1.807, 2.05) is 0 Å². The van der Waals surface area contributed by atoms with Gasteiger partial charge in [0.25, 0.3) is 5.97 Å². The van der Waals surface area contributed by atoms with Crippen molar-refractivity contribution in [3.63, 3.8) is 0 Å². The zero-order valence-electron chi connectivity index (χ0n) is 6.06. The van der Waals surface area contributed by atoms with Crippen LogP contribution >= 0.6 is 19.8 Å². The second-order valence-electron chi connectivity index (χ2n) is 0.826. The topological polar surface area (TPSA) is 50.1 Å². The molecule has 0 unspecified atom stereocenters. The van der Waals surface area contributed by atoms with Crippen molar-refractivity contribution in [2.24, 2.45) is 0 Å². The molecule has 0 spiro atoms. The van der Waals surface area contributed by atoms with Crippen molar-refractivity contribution >= 4 is 25.7 Å². The van der Waals surface area contributed by atoms with E-state index < -0.39 is 0 Å². The van der Waals surface area contributed by atoms with E-state index in [4.69, 9.17) is 11.8 Å². The van der Waals surface area contributed by atoms with Crippen LogP contribution in [-0.4, -0.2) is 13.1 Å². The molecule has 11 heavy (non-hydrogen) atoms. The number of methoxy groups -OCH3 is 1. The van der Waals surface area contributed by atoms with Gasteiger partial charge in [-0.3, -0.25) is 4.79 Å². The Balaban J connectivity index is -0.0000000428. The van der Waals surface area contributed by atoms with Crippen molar-refractivity contribution in [2.45, 2.75) is 6.42 Å². The van der Waals surface area contributed by atoms with E-state index in [9.17, 15) is 4.79 Å². The van der Waals surface area contributed by atoms with Crippen LogP contribution in [0.1, 0.15) is 6.42 Å². The monoisotopic (exact) mass is 367 g/mol. The number of ether oxygens (including phenoxy) is 1. The molecular weight excluding hydrogens is 362 g/mol. The van der Waals surface area contributed by atoms with E-state index >= 15 is 0 Å². The van der Waals surface area contributed by atoms with Gasteiger partial charge < -0.3 is 23.5 Å². The van der Waals surface area contributed by atoms with Crippen molar-refractivity contribution in [2.75, 3.05) is 7.11 Å². The molecule has 0 aliphatic rings. The maximum atomic E-state index is 9.90. The molecule has 3 nitrogen and oxygen atoms in total. The normalized spacial score (nSPS) is 5.00. The van der Waals surface area contributed by atoms with Gasteiger partial charge in [-0.25, -0.2) is 0 Å². The van der Waals surface area contributed by atoms with Crippen LogP contribution < -0.4 is 0 Å². The first kappa shape index (κ1) is 22.6. The second kappa shape index (κ2) is 30.8. The van der Waals surface area contributed by atoms with Crippen LogP contribution in [0.2, 0.25) is 0 Å². The summed E-state index contributed by atoms with van der Waals surface area (Å²) in [6.45, 7) is 8.03. The Hall–Kier alpha value is 0.833. The molecule has 0 N–H and O–H groups in total. The quantitative estimate of drug-likeness (QED) is 0.304. The van der Waals surface area contributed by atoms with Crippen LogP contribution in [0.5, 0.6) is 0 Å². The number of rotatable bonds is 1. The van der Waals surface area contributed by atoms with Gasteiger partial charge in [0.2, 0.25) is 0 Å². The van der Waals surface area contributed by atoms with E-state index in [-0.39, 0.29) is 29.5 Å². The number of esters is 1. The summed E-state index contributed by atoms with van der Waals surface area (Å²) in [7, 11) is 1.34. The molecular formula is C5H7CuINO2Zn. The molecule has 0 rings (SSSR count). The van der Waals surface area contributed by atoms with Crippen LogP contribution in [-0.2, 0) is 41.4 Å². The molecule has 0 aliphatic heterocycles. The average molecular weight is 369 g/mol. The molecule has 6 heteroatoms. The van der Waals surface area contributed by atoms with Crippen LogP contribution in [0.25, 0.3) is 0 Å². The number of hydrogen-bond acceptors (Lipinski definition) is 3. The predicted molar refractivity (Wildman–Crippen MR) is 41.0 cm³/mol. The second-order valence-corrected chi connectivity index (χ2v) is 0.826. The molecule has 0 amide bonds. The first-order chi connectivity index (χ1) is 4.81. The van der Waals surface area contributed by atoms with Crippen molar-refractivity contribution in [3.8, 4) is 0 Å². The third kappa shape index (κ3) is 36.2. The average Bonchev–Trinajstić information content (AvgIpc) is 2.10. The van der Waals surface area contributed by atoms with Gasteiger partial charge in [0, 0.05) is 0 Å². The summed E-state index contributed by atoms with van der Waals surface area (Å²) in [6.07, 6.45) is 0.219. The summed E-state index contributed by atoms with van der Waals surface area (Å²) in [5.41, 5.74) is 0. The molecule has 0 aromatic rings. The van der Waals surface area contributed by atoms with Crippen LogP contribution in [0.3, 0.4) is 0 Å². The van der Waals surface area contributed by atoms with Gasteiger partial charge in [0.05, 0.1) is 7.11 Å². The van der Waals surface area contributed by atoms with E-state index in [0.717, 1.165) is 0 Å². The Bertz CT molecular complexity index is 85.8. The molecule has 0 aromatic carbocycles. The maximum absolute atomic E-state index is 9.90. The fraction of sp³-hybridized carbons (Fsp3) is 0.400. The van der Waals surface area contributed by atoms with Crippen molar-refractivity contribution < 1.29 is 41.4 Å². The molecule has 0 atom stereocenters. The van der Waals surface area contributed by atoms with E-state index in [1.54, 1.807) is 0 Å². The van der Waals surface area contributed by atoms with Gasteiger partial charge in [0.15, 0.2) is 0 Å². The molecule has 0 bridgehead atoms.